The number of rotatable bonds is 5. The Bertz CT molecular complexity index is 724. The summed E-state index contributed by atoms with van der Waals surface area (Å²) in [5, 5.41) is 4.61. The van der Waals surface area contributed by atoms with E-state index in [-0.39, 0.29) is 11.9 Å². The minimum atomic E-state index is -0.178. The Morgan fingerprint density at radius 2 is 2.19 bits per heavy atom. The topological polar surface area (TPSA) is 24.9 Å². The molecule has 0 aliphatic carbocycles. The van der Waals surface area contributed by atoms with E-state index in [1.54, 1.807) is 23.6 Å². The zero-order chi connectivity index (χ0) is 14.7. The summed E-state index contributed by atoms with van der Waals surface area (Å²) in [6, 6.07) is 11.4. The van der Waals surface area contributed by atoms with E-state index in [0.29, 0.717) is 0 Å². The third kappa shape index (κ3) is 3.28. The van der Waals surface area contributed by atoms with Crippen LogP contribution in [0, 0.1) is 5.82 Å². The second-order valence-electron chi connectivity index (χ2n) is 5.01. The smallest absolute Gasteiger partial charge is 0.124 e. The summed E-state index contributed by atoms with van der Waals surface area (Å²) in [5.74, 6) is -0.178. The van der Waals surface area contributed by atoms with Gasteiger partial charge in [0.15, 0.2) is 0 Å². The molecule has 1 aromatic carbocycles. The standard InChI is InChI=1S/C17H17FN2S/c1-2-20-15(8-12-4-3-7-19-11-12)17-9-13-5-6-14(18)10-16(13)21-17/h3-7,9-11,15,20H,2,8H2,1H3. The second-order valence-corrected chi connectivity index (χ2v) is 6.12. The molecule has 2 nitrogen and oxygen atoms in total. The third-order valence-corrected chi connectivity index (χ3v) is 4.67. The second kappa shape index (κ2) is 6.33. The van der Waals surface area contributed by atoms with Gasteiger partial charge in [-0.2, -0.15) is 0 Å². The van der Waals surface area contributed by atoms with Crippen LogP contribution in [-0.2, 0) is 6.42 Å². The summed E-state index contributed by atoms with van der Waals surface area (Å²) >= 11 is 1.66. The average Bonchev–Trinajstić information content (AvgIpc) is 2.91. The van der Waals surface area contributed by atoms with Crippen LogP contribution in [-0.4, -0.2) is 11.5 Å². The van der Waals surface area contributed by atoms with E-state index in [9.17, 15) is 4.39 Å². The highest BCUT2D eigenvalue weighted by Crippen LogP contribution is 2.32. The highest BCUT2D eigenvalue weighted by atomic mass is 32.1. The average molecular weight is 300 g/mol. The predicted molar refractivity (Wildman–Crippen MR) is 86.1 cm³/mol. The number of likely N-dealkylation sites (N-methyl/N-ethyl adjacent to an activating group) is 1. The molecule has 21 heavy (non-hydrogen) atoms. The van der Waals surface area contributed by atoms with Gasteiger partial charge in [-0.3, -0.25) is 4.98 Å². The Kier molecular flexibility index (Phi) is 4.27. The summed E-state index contributed by atoms with van der Waals surface area (Å²) in [6.45, 7) is 3.00. The van der Waals surface area contributed by atoms with Gasteiger partial charge in [-0.25, -0.2) is 4.39 Å². The molecule has 0 aliphatic heterocycles. The van der Waals surface area contributed by atoms with Gasteiger partial charge in [-0.15, -0.1) is 11.3 Å². The van der Waals surface area contributed by atoms with Gasteiger partial charge < -0.3 is 5.32 Å². The van der Waals surface area contributed by atoms with Crippen molar-refractivity contribution in [2.45, 2.75) is 19.4 Å². The lowest BCUT2D eigenvalue weighted by Gasteiger charge is -2.16. The molecule has 1 unspecified atom stereocenters. The highest BCUT2D eigenvalue weighted by molar-refractivity contribution is 7.19. The van der Waals surface area contributed by atoms with Crippen LogP contribution >= 0.6 is 11.3 Å². The maximum Gasteiger partial charge on any atom is 0.124 e. The molecule has 1 N–H and O–H groups in total. The quantitative estimate of drug-likeness (QED) is 0.758. The molecule has 3 aromatic rings. The Morgan fingerprint density at radius 3 is 2.95 bits per heavy atom. The van der Waals surface area contributed by atoms with E-state index < -0.39 is 0 Å². The zero-order valence-electron chi connectivity index (χ0n) is 11.8. The first-order valence-corrected chi connectivity index (χ1v) is 7.89. The SMILES string of the molecule is CCNC(Cc1cccnc1)c1cc2ccc(F)cc2s1. The van der Waals surface area contributed by atoms with Crippen molar-refractivity contribution >= 4 is 21.4 Å². The lowest BCUT2D eigenvalue weighted by molar-refractivity contribution is 0.558. The van der Waals surface area contributed by atoms with Crippen LogP contribution in [0.25, 0.3) is 10.1 Å². The number of fused-ring (bicyclic) bond motifs is 1. The molecule has 0 spiro atoms. The van der Waals surface area contributed by atoms with Crippen LogP contribution in [0.2, 0.25) is 0 Å². The van der Waals surface area contributed by atoms with Crippen LogP contribution in [0.4, 0.5) is 4.39 Å². The first kappa shape index (κ1) is 14.2. The number of aromatic nitrogens is 1. The monoisotopic (exact) mass is 300 g/mol. The van der Waals surface area contributed by atoms with E-state index in [0.717, 1.165) is 23.1 Å². The molecule has 3 rings (SSSR count). The minimum absolute atomic E-state index is 0.178. The lowest BCUT2D eigenvalue weighted by atomic mass is 10.1. The Balaban J connectivity index is 1.91. The fourth-order valence-electron chi connectivity index (χ4n) is 2.47. The number of benzene rings is 1. The van der Waals surface area contributed by atoms with Crippen molar-refractivity contribution in [3.05, 3.63) is 65.0 Å². The van der Waals surface area contributed by atoms with E-state index >= 15 is 0 Å². The summed E-state index contributed by atoms with van der Waals surface area (Å²) in [6.07, 6.45) is 4.57. The van der Waals surface area contributed by atoms with Crippen molar-refractivity contribution < 1.29 is 4.39 Å². The van der Waals surface area contributed by atoms with E-state index in [2.05, 4.69) is 29.4 Å². The van der Waals surface area contributed by atoms with Gasteiger partial charge in [0.05, 0.1) is 0 Å². The highest BCUT2D eigenvalue weighted by Gasteiger charge is 2.14. The van der Waals surface area contributed by atoms with Crippen molar-refractivity contribution in [2.24, 2.45) is 0 Å². The molecule has 4 heteroatoms. The maximum atomic E-state index is 13.3. The van der Waals surface area contributed by atoms with E-state index in [1.807, 2.05) is 18.3 Å². The summed E-state index contributed by atoms with van der Waals surface area (Å²) in [7, 11) is 0. The van der Waals surface area contributed by atoms with Gasteiger partial charge in [0.25, 0.3) is 0 Å². The number of hydrogen-bond donors (Lipinski definition) is 1. The zero-order valence-corrected chi connectivity index (χ0v) is 12.7. The molecular weight excluding hydrogens is 283 g/mol. The fraction of sp³-hybridized carbons (Fsp3) is 0.235. The molecule has 0 fully saturated rings. The maximum absolute atomic E-state index is 13.3. The predicted octanol–water partition coefficient (Wildman–Crippen LogP) is 4.33. The number of nitrogens with zero attached hydrogens (tertiary/aromatic N) is 1. The first-order chi connectivity index (χ1) is 10.3. The first-order valence-electron chi connectivity index (χ1n) is 7.07. The fourth-order valence-corrected chi connectivity index (χ4v) is 3.64. The van der Waals surface area contributed by atoms with Crippen molar-refractivity contribution in [1.82, 2.24) is 10.3 Å². The summed E-state index contributed by atoms with van der Waals surface area (Å²) < 4.78 is 14.3. The molecule has 108 valence electrons. The number of nitrogens with one attached hydrogen (secondary N) is 1. The van der Waals surface area contributed by atoms with Crippen LogP contribution in [0.5, 0.6) is 0 Å². The molecule has 2 aromatic heterocycles. The number of hydrogen-bond acceptors (Lipinski definition) is 3. The van der Waals surface area contributed by atoms with Gasteiger partial charge in [-0.05, 0) is 48.2 Å². The van der Waals surface area contributed by atoms with Gasteiger partial charge in [0, 0.05) is 28.0 Å². The van der Waals surface area contributed by atoms with Crippen LogP contribution < -0.4 is 5.32 Å². The molecule has 2 heterocycles. The van der Waals surface area contributed by atoms with Gasteiger partial charge in [0.1, 0.15) is 5.82 Å². The normalized spacial score (nSPS) is 12.7. The van der Waals surface area contributed by atoms with Gasteiger partial charge in [-0.1, -0.05) is 19.1 Å². The lowest BCUT2D eigenvalue weighted by Crippen LogP contribution is -2.22. The largest absolute Gasteiger partial charge is 0.309 e. The van der Waals surface area contributed by atoms with Crippen molar-refractivity contribution in [2.75, 3.05) is 6.54 Å². The number of pyridine rings is 1. The third-order valence-electron chi connectivity index (χ3n) is 3.46. The van der Waals surface area contributed by atoms with Crippen LogP contribution in [0.15, 0.2) is 48.8 Å². The van der Waals surface area contributed by atoms with E-state index in [1.165, 1.54) is 16.5 Å². The Labute approximate surface area is 127 Å². The Hall–Kier alpha value is -1.78. The van der Waals surface area contributed by atoms with Crippen molar-refractivity contribution in [1.29, 1.82) is 0 Å². The summed E-state index contributed by atoms with van der Waals surface area (Å²) in [4.78, 5) is 5.41. The summed E-state index contributed by atoms with van der Waals surface area (Å²) in [5.41, 5.74) is 1.20. The molecule has 0 aliphatic rings. The molecule has 0 radical (unpaired) electrons. The molecular formula is C17H17FN2S. The Morgan fingerprint density at radius 1 is 1.29 bits per heavy atom. The van der Waals surface area contributed by atoms with Crippen LogP contribution in [0.3, 0.4) is 0 Å². The molecule has 1 atom stereocenters. The molecule has 0 bridgehead atoms. The number of halogens is 1. The van der Waals surface area contributed by atoms with E-state index in [4.69, 9.17) is 0 Å². The molecule has 0 saturated carbocycles. The van der Waals surface area contributed by atoms with Gasteiger partial charge in [0.2, 0.25) is 0 Å². The van der Waals surface area contributed by atoms with Crippen molar-refractivity contribution in [3.8, 4) is 0 Å². The molecule has 0 saturated heterocycles. The van der Waals surface area contributed by atoms with Crippen molar-refractivity contribution in [3.63, 3.8) is 0 Å². The van der Waals surface area contributed by atoms with Crippen LogP contribution in [0.1, 0.15) is 23.4 Å². The van der Waals surface area contributed by atoms with Gasteiger partial charge >= 0.3 is 0 Å². The number of thiophene rings is 1. The molecule has 0 amide bonds. The minimum Gasteiger partial charge on any atom is -0.309 e.